The molecule has 1 N–H and O–H groups in total. The number of rotatable bonds is 6. The van der Waals surface area contributed by atoms with Crippen LogP contribution in [0.3, 0.4) is 0 Å². The molecule has 5 heteroatoms. The van der Waals surface area contributed by atoms with Crippen molar-refractivity contribution in [3.05, 3.63) is 0 Å². The van der Waals surface area contributed by atoms with Crippen LogP contribution in [0.25, 0.3) is 0 Å². The van der Waals surface area contributed by atoms with Crippen LogP contribution in [0.5, 0.6) is 0 Å². The van der Waals surface area contributed by atoms with Gasteiger partial charge >= 0.3 is 0 Å². The van der Waals surface area contributed by atoms with Gasteiger partial charge in [-0.15, -0.1) is 11.6 Å². The number of amides is 1. The number of hydrogen-bond acceptors (Lipinski definition) is 2. The van der Waals surface area contributed by atoms with Crippen molar-refractivity contribution < 1.29 is 9.00 Å². The third-order valence-corrected chi connectivity index (χ3v) is 3.86. The predicted octanol–water partition coefficient (Wildman–Crippen LogP) is 1.14. The summed E-state index contributed by atoms with van der Waals surface area (Å²) in [6, 6.07) is 0. The average molecular weight is 240 g/mol. The summed E-state index contributed by atoms with van der Waals surface area (Å²) in [6.07, 6.45) is 0. The Kier molecular flexibility index (Phi) is 6.36. The topological polar surface area (TPSA) is 46.2 Å². The van der Waals surface area contributed by atoms with E-state index in [1.807, 2.05) is 6.92 Å². The molecule has 0 heterocycles. The van der Waals surface area contributed by atoms with Crippen LogP contribution in [0, 0.1) is 5.41 Å². The van der Waals surface area contributed by atoms with E-state index in [0.717, 1.165) is 0 Å². The maximum Gasteiger partial charge on any atom is 0.226 e. The molecule has 0 saturated carbocycles. The van der Waals surface area contributed by atoms with E-state index < -0.39 is 16.2 Å². The summed E-state index contributed by atoms with van der Waals surface area (Å²) in [5, 5.41) is 2.72. The van der Waals surface area contributed by atoms with Crippen LogP contribution in [-0.2, 0) is 15.6 Å². The van der Waals surface area contributed by atoms with Crippen molar-refractivity contribution >= 4 is 28.3 Å². The van der Waals surface area contributed by atoms with Crippen LogP contribution < -0.4 is 5.32 Å². The van der Waals surface area contributed by atoms with Crippen LogP contribution in [-0.4, -0.2) is 34.0 Å². The minimum absolute atomic E-state index is 0.0828. The molecule has 0 saturated heterocycles. The highest BCUT2D eigenvalue weighted by Crippen LogP contribution is 2.16. The van der Waals surface area contributed by atoms with Gasteiger partial charge in [0.1, 0.15) is 0 Å². The molecule has 3 nitrogen and oxygen atoms in total. The fourth-order valence-corrected chi connectivity index (χ4v) is 1.46. The summed E-state index contributed by atoms with van der Waals surface area (Å²) in [5.41, 5.74) is -0.546. The van der Waals surface area contributed by atoms with Gasteiger partial charge in [0.05, 0.1) is 5.41 Å². The van der Waals surface area contributed by atoms with Crippen LogP contribution in [0.2, 0.25) is 0 Å². The van der Waals surface area contributed by atoms with E-state index in [-0.39, 0.29) is 11.8 Å². The fourth-order valence-electron chi connectivity index (χ4n) is 0.723. The monoisotopic (exact) mass is 239 g/mol. The second kappa shape index (κ2) is 6.40. The first-order valence-corrected chi connectivity index (χ1v) is 6.65. The molecule has 0 radical (unpaired) electrons. The van der Waals surface area contributed by atoms with E-state index in [4.69, 9.17) is 11.6 Å². The highest BCUT2D eigenvalue weighted by atomic mass is 35.5. The molecular formula is C9H18ClNO2S. The Morgan fingerprint density at radius 3 is 2.50 bits per heavy atom. The zero-order valence-corrected chi connectivity index (χ0v) is 10.5. The van der Waals surface area contributed by atoms with Gasteiger partial charge in [-0.3, -0.25) is 9.00 Å². The van der Waals surface area contributed by atoms with E-state index in [0.29, 0.717) is 18.1 Å². The number of carbonyl (C=O) groups excluding carboxylic acids is 1. The summed E-state index contributed by atoms with van der Waals surface area (Å²) in [6.45, 7) is 5.89. The second-order valence-corrected chi connectivity index (χ2v) is 5.84. The molecule has 0 aromatic rings. The van der Waals surface area contributed by atoms with Crippen molar-refractivity contribution in [2.45, 2.75) is 20.8 Å². The molecule has 0 bridgehead atoms. The first-order valence-electron chi connectivity index (χ1n) is 4.63. The molecule has 0 aliphatic rings. The third-order valence-electron chi connectivity index (χ3n) is 1.89. The maximum atomic E-state index is 11.5. The van der Waals surface area contributed by atoms with E-state index >= 15 is 0 Å². The number of nitrogens with one attached hydrogen (secondary N) is 1. The lowest BCUT2D eigenvalue weighted by molar-refractivity contribution is -0.128. The SMILES string of the molecule is CCS(=O)CCNC(=O)C(C)(C)CCl. The van der Waals surface area contributed by atoms with Gasteiger partial charge < -0.3 is 5.32 Å². The Hall–Kier alpha value is -0.0900. The summed E-state index contributed by atoms with van der Waals surface area (Å²) in [7, 11) is -0.820. The highest BCUT2D eigenvalue weighted by molar-refractivity contribution is 7.84. The minimum atomic E-state index is -0.820. The lowest BCUT2D eigenvalue weighted by Crippen LogP contribution is -2.39. The molecule has 1 amide bonds. The van der Waals surface area contributed by atoms with Crippen LogP contribution in [0.1, 0.15) is 20.8 Å². The lowest BCUT2D eigenvalue weighted by atomic mass is 9.95. The zero-order chi connectivity index (χ0) is 11.2. The highest BCUT2D eigenvalue weighted by Gasteiger charge is 2.25. The molecule has 0 fully saturated rings. The Balaban J connectivity index is 3.80. The number of carbonyl (C=O) groups is 1. The van der Waals surface area contributed by atoms with Gasteiger partial charge in [-0.05, 0) is 13.8 Å². The van der Waals surface area contributed by atoms with Crippen molar-refractivity contribution in [2.24, 2.45) is 5.41 Å². The molecule has 84 valence electrons. The van der Waals surface area contributed by atoms with E-state index in [9.17, 15) is 9.00 Å². The molecule has 0 aliphatic carbocycles. The molecule has 0 rings (SSSR count). The Bertz CT molecular complexity index is 219. The smallest absolute Gasteiger partial charge is 0.226 e. The lowest BCUT2D eigenvalue weighted by Gasteiger charge is -2.20. The first-order chi connectivity index (χ1) is 6.44. The Labute approximate surface area is 93.0 Å². The summed E-state index contributed by atoms with van der Waals surface area (Å²) >= 11 is 5.64. The average Bonchev–Trinajstić information content (AvgIpc) is 2.17. The third kappa shape index (κ3) is 4.96. The van der Waals surface area contributed by atoms with Gasteiger partial charge in [-0.1, -0.05) is 6.92 Å². The zero-order valence-electron chi connectivity index (χ0n) is 8.93. The van der Waals surface area contributed by atoms with Gasteiger partial charge in [0.2, 0.25) is 5.91 Å². The summed E-state index contributed by atoms with van der Waals surface area (Å²) in [4.78, 5) is 11.5. The molecular weight excluding hydrogens is 222 g/mol. The maximum absolute atomic E-state index is 11.5. The van der Waals surface area contributed by atoms with Crippen LogP contribution in [0.4, 0.5) is 0 Å². The molecule has 0 aliphatic heterocycles. The van der Waals surface area contributed by atoms with Gasteiger partial charge in [0.15, 0.2) is 0 Å². The van der Waals surface area contributed by atoms with Crippen molar-refractivity contribution in [1.82, 2.24) is 5.32 Å². The predicted molar refractivity (Wildman–Crippen MR) is 61.1 cm³/mol. The van der Waals surface area contributed by atoms with E-state index in [1.165, 1.54) is 0 Å². The van der Waals surface area contributed by atoms with Crippen LogP contribution >= 0.6 is 11.6 Å². The number of alkyl halides is 1. The molecule has 14 heavy (non-hydrogen) atoms. The van der Waals surface area contributed by atoms with E-state index in [2.05, 4.69) is 5.32 Å². The van der Waals surface area contributed by atoms with Crippen molar-refractivity contribution in [2.75, 3.05) is 23.9 Å². The Morgan fingerprint density at radius 1 is 1.50 bits per heavy atom. The van der Waals surface area contributed by atoms with Crippen molar-refractivity contribution in [1.29, 1.82) is 0 Å². The largest absolute Gasteiger partial charge is 0.355 e. The second-order valence-electron chi connectivity index (χ2n) is 3.71. The Morgan fingerprint density at radius 2 is 2.07 bits per heavy atom. The van der Waals surface area contributed by atoms with Crippen molar-refractivity contribution in [3.63, 3.8) is 0 Å². The first kappa shape index (κ1) is 13.9. The van der Waals surface area contributed by atoms with E-state index in [1.54, 1.807) is 13.8 Å². The molecule has 0 spiro atoms. The number of halogens is 1. The van der Waals surface area contributed by atoms with Gasteiger partial charge in [0, 0.05) is 34.7 Å². The van der Waals surface area contributed by atoms with Crippen molar-refractivity contribution in [3.8, 4) is 0 Å². The minimum Gasteiger partial charge on any atom is -0.355 e. The summed E-state index contributed by atoms with van der Waals surface area (Å²) in [5.74, 6) is 1.35. The van der Waals surface area contributed by atoms with Gasteiger partial charge in [-0.2, -0.15) is 0 Å². The molecule has 0 aromatic carbocycles. The molecule has 1 unspecified atom stereocenters. The molecule has 0 aromatic heterocycles. The summed E-state index contributed by atoms with van der Waals surface area (Å²) < 4.78 is 11.0. The van der Waals surface area contributed by atoms with Gasteiger partial charge in [0.25, 0.3) is 0 Å². The quantitative estimate of drug-likeness (QED) is 0.707. The van der Waals surface area contributed by atoms with Crippen LogP contribution in [0.15, 0.2) is 0 Å². The fraction of sp³-hybridized carbons (Fsp3) is 0.889. The molecule has 1 atom stereocenters. The standard InChI is InChI=1S/C9H18ClNO2S/c1-4-14(13)6-5-11-8(12)9(2,3)7-10/h4-7H2,1-3H3,(H,11,12). The number of hydrogen-bond donors (Lipinski definition) is 1. The van der Waals surface area contributed by atoms with Gasteiger partial charge in [-0.25, -0.2) is 0 Å². The normalized spacial score (nSPS) is 13.7.